The number of ether oxygens (including phenoxy) is 1. The molecule has 0 N–H and O–H groups in total. The molecule has 0 amide bonds. The molecule has 0 rings (SSSR count). The first-order valence-corrected chi connectivity index (χ1v) is 6.42. The molecular weight excluding hydrogens is 195 g/mol. The van der Waals surface area contributed by atoms with Crippen LogP contribution in [0.2, 0.25) is 12.6 Å². The second kappa shape index (κ2) is 7.59. The van der Waals surface area contributed by atoms with Crippen molar-refractivity contribution in [1.29, 1.82) is 0 Å². The Labute approximate surface area is 102 Å². The van der Waals surface area contributed by atoms with Gasteiger partial charge >= 0.3 is 0 Å². The van der Waals surface area contributed by atoms with Gasteiger partial charge in [0.2, 0.25) is 0 Å². The van der Waals surface area contributed by atoms with Crippen LogP contribution < -0.4 is 0 Å². The maximum Gasteiger partial charge on any atom is 0.130 e. The predicted molar refractivity (Wildman–Crippen MR) is 75.4 cm³/mol. The van der Waals surface area contributed by atoms with Crippen LogP contribution in [0.1, 0.15) is 40.0 Å². The molecule has 0 bridgehead atoms. The van der Waals surface area contributed by atoms with Gasteiger partial charge in [-0.05, 0) is 5.82 Å². The fraction of sp³-hybridized carbons (Fsp3) is 0.714. The summed E-state index contributed by atoms with van der Waals surface area (Å²) in [7, 11) is 1.12. The predicted octanol–water partition coefficient (Wildman–Crippen LogP) is 4.19. The van der Waals surface area contributed by atoms with Gasteiger partial charge in [-0.25, -0.2) is 0 Å². The van der Waals surface area contributed by atoms with Gasteiger partial charge in [0.1, 0.15) is 7.28 Å². The topological polar surface area (TPSA) is 9.23 Å². The summed E-state index contributed by atoms with van der Waals surface area (Å²) in [5.74, 6) is 1.46. The lowest BCUT2D eigenvalue weighted by molar-refractivity contribution is 0.138. The molecule has 0 aromatic rings. The Morgan fingerprint density at radius 2 is 2.12 bits per heavy atom. The number of hydrogen-bond donors (Lipinski definition) is 0. The normalized spacial score (nSPS) is 13.0. The smallest absolute Gasteiger partial charge is 0.130 e. The zero-order chi connectivity index (χ0) is 12.6. The lowest BCUT2D eigenvalue weighted by atomic mass is 9.64. The Balaban J connectivity index is 4.06. The third kappa shape index (κ3) is 6.04. The molecule has 0 fully saturated rings. The highest BCUT2D eigenvalue weighted by Gasteiger charge is 2.17. The first-order chi connectivity index (χ1) is 7.46. The van der Waals surface area contributed by atoms with Gasteiger partial charge in [-0.1, -0.05) is 59.5 Å². The van der Waals surface area contributed by atoms with E-state index in [-0.39, 0.29) is 5.41 Å². The molecule has 0 radical (unpaired) electrons. The molecule has 0 aliphatic carbocycles. The second-order valence-electron chi connectivity index (χ2n) is 5.20. The minimum absolute atomic E-state index is 0.0337. The highest BCUT2D eigenvalue weighted by Crippen LogP contribution is 2.26. The molecule has 0 heterocycles. The summed E-state index contributed by atoms with van der Waals surface area (Å²) in [6.07, 6.45) is 5.63. The average molecular weight is 222 g/mol. The van der Waals surface area contributed by atoms with E-state index in [0.717, 1.165) is 13.0 Å². The third-order valence-corrected chi connectivity index (χ3v) is 3.04. The van der Waals surface area contributed by atoms with Crippen molar-refractivity contribution >= 4 is 7.28 Å². The van der Waals surface area contributed by atoms with Crippen LogP contribution >= 0.6 is 0 Å². The highest BCUT2D eigenvalue weighted by molar-refractivity contribution is 6.36. The maximum absolute atomic E-state index is 5.78. The number of rotatable bonds is 9. The molecule has 0 aromatic carbocycles. The molecule has 0 saturated carbocycles. The molecule has 2 heteroatoms. The first kappa shape index (κ1) is 15.3. The number of hydrogen-bond acceptors (Lipinski definition) is 1. The third-order valence-electron chi connectivity index (χ3n) is 3.04. The van der Waals surface area contributed by atoms with Crippen molar-refractivity contribution in [3.8, 4) is 0 Å². The van der Waals surface area contributed by atoms with Crippen LogP contribution in [0, 0.1) is 5.41 Å². The number of unbranched alkanes of at least 4 members (excludes halogenated alkanes) is 1. The van der Waals surface area contributed by atoms with Crippen molar-refractivity contribution in [2.45, 2.75) is 52.7 Å². The quantitative estimate of drug-likeness (QED) is 0.323. The van der Waals surface area contributed by atoms with Gasteiger partial charge in [-0.2, -0.15) is 0 Å². The van der Waals surface area contributed by atoms with E-state index < -0.39 is 0 Å². The monoisotopic (exact) mass is 222 g/mol. The van der Waals surface area contributed by atoms with Crippen LogP contribution in [-0.4, -0.2) is 13.9 Å². The van der Waals surface area contributed by atoms with Gasteiger partial charge in [-0.3, -0.25) is 0 Å². The highest BCUT2D eigenvalue weighted by atomic mass is 16.5. The lowest BCUT2D eigenvalue weighted by Gasteiger charge is -2.24. The Morgan fingerprint density at radius 1 is 1.50 bits per heavy atom. The molecule has 0 spiro atoms. The van der Waals surface area contributed by atoms with Crippen LogP contribution in [0.3, 0.4) is 0 Å². The Bertz CT molecular complexity index is 221. The minimum Gasteiger partial charge on any atom is -0.498 e. The zero-order valence-electron chi connectivity index (χ0n) is 11.5. The zero-order valence-corrected chi connectivity index (χ0v) is 11.5. The molecule has 16 heavy (non-hydrogen) atoms. The average Bonchev–Trinajstić information content (AvgIpc) is 2.27. The molecule has 0 aromatic heterocycles. The van der Waals surface area contributed by atoms with Gasteiger partial charge in [0.15, 0.2) is 0 Å². The number of allylic oxidation sites excluding steroid dienone is 1. The van der Waals surface area contributed by atoms with E-state index in [9.17, 15) is 0 Å². The van der Waals surface area contributed by atoms with E-state index in [1.807, 2.05) is 6.08 Å². The largest absolute Gasteiger partial charge is 0.498 e. The summed E-state index contributed by atoms with van der Waals surface area (Å²) in [6.45, 7) is 17.2. The fourth-order valence-electron chi connectivity index (χ4n) is 1.50. The SMILES string of the molecule is C=CC(C)(C)COC(=C)[C@@H](BC)CCCC. The van der Waals surface area contributed by atoms with E-state index in [1.165, 1.54) is 19.3 Å². The summed E-state index contributed by atoms with van der Waals surface area (Å²) in [4.78, 5) is 0. The van der Waals surface area contributed by atoms with Gasteiger partial charge < -0.3 is 4.74 Å². The van der Waals surface area contributed by atoms with Crippen molar-refractivity contribution < 1.29 is 4.74 Å². The first-order valence-electron chi connectivity index (χ1n) is 6.42. The maximum atomic E-state index is 5.78. The van der Waals surface area contributed by atoms with Crippen molar-refractivity contribution in [2.75, 3.05) is 6.61 Å². The molecule has 0 aliphatic rings. The molecular formula is C14H27BO. The van der Waals surface area contributed by atoms with Crippen LogP contribution in [0.15, 0.2) is 25.0 Å². The van der Waals surface area contributed by atoms with Crippen LogP contribution in [0.4, 0.5) is 0 Å². The fourth-order valence-corrected chi connectivity index (χ4v) is 1.50. The Hall–Kier alpha value is -0.655. The summed E-state index contributed by atoms with van der Waals surface area (Å²) < 4.78 is 5.78. The standard InChI is InChI=1S/C14H27BO/c1-7-9-10-13(15-6)12(3)16-11-14(4,5)8-2/h8,13,15H,2-3,7,9-11H2,1,4-6H3/t13-/m0/s1. The van der Waals surface area contributed by atoms with Gasteiger partial charge in [-0.15, -0.1) is 6.58 Å². The van der Waals surface area contributed by atoms with Crippen LogP contribution in [0.25, 0.3) is 0 Å². The van der Waals surface area contributed by atoms with Crippen molar-refractivity contribution in [2.24, 2.45) is 5.41 Å². The van der Waals surface area contributed by atoms with Crippen LogP contribution in [-0.2, 0) is 4.74 Å². The Kier molecular flexibility index (Phi) is 7.28. The lowest BCUT2D eigenvalue weighted by Crippen LogP contribution is -2.17. The van der Waals surface area contributed by atoms with E-state index in [0.29, 0.717) is 12.4 Å². The summed E-state index contributed by atoms with van der Waals surface area (Å²) >= 11 is 0. The van der Waals surface area contributed by atoms with Crippen LogP contribution in [0.5, 0.6) is 0 Å². The van der Waals surface area contributed by atoms with E-state index in [1.54, 1.807) is 0 Å². The van der Waals surface area contributed by atoms with Crippen molar-refractivity contribution in [3.05, 3.63) is 25.0 Å². The van der Waals surface area contributed by atoms with E-state index in [4.69, 9.17) is 4.74 Å². The summed E-state index contributed by atoms with van der Waals surface area (Å²) in [5, 5.41) is 0. The van der Waals surface area contributed by atoms with Crippen molar-refractivity contribution in [3.63, 3.8) is 0 Å². The Morgan fingerprint density at radius 3 is 2.56 bits per heavy atom. The van der Waals surface area contributed by atoms with Gasteiger partial charge in [0.05, 0.1) is 12.4 Å². The molecule has 0 saturated heterocycles. The van der Waals surface area contributed by atoms with Gasteiger partial charge in [0.25, 0.3) is 0 Å². The summed E-state index contributed by atoms with van der Waals surface area (Å²) in [5.41, 5.74) is 0.0337. The van der Waals surface area contributed by atoms with E-state index >= 15 is 0 Å². The van der Waals surface area contributed by atoms with Crippen molar-refractivity contribution in [1.82, 2.24) is 0 Å². The summed E-state index contributed by atoms with van der Waals surface area (Å²) in [6, 6.07) is 0. The molecule has 1 atom stereocenters. The molecule has 92 valence electrons. The molecule has 0 unspecified atom stereocenters. The molecule has 0 aliphatic heterocycles. The minimum atomic E-state index is 0.0337. The second-order valence-corrected chi connectivity index (χ2v) is 5.20. The van der Waals surface area contributed by atoms with E-state index in [2.05, 4.69) is 40.8 Å². The van der Waals surface area contributed by atoms with Gasteiger partial charge in [0, 0.05) is 5.41 Å². The molecule has 1 nitrogen and oxygen atoms in total.